The maximum atomic E-state index is 10.8. The maximum Gasteiger partial charge on any atom is 0.288 e. The molecule has 0 spiro atoms. The molecular weight excluding hydrogens is 406 g/mol. The Morgan fingerprint density at radius 1 is 1.10 bits per heavy atom. The minimum absolute atomic E-state index is 0.0755. The van der Waals surface area contributed by atoms with Gasteiger partial charge in [-0.15, -0.1) is 5.10 Å². The van der Waals surface area contributed by atoms with E-state index in [1.54, 1.807) is 16.8 Å². The van der Waals surface area contributed by atoms with E-state index in [9.17, 15) is 25.5 Å². The normalized spacial score (nSPS) is 28.7. The fourth-order valence-electron chi connectivity index (χ4n) is 3.62. The topological polar surface area (TPSA) is 150 Å². The minimum atomic E-state index is -2.68. The number of aliphatic hydroxyl groups is 5. The van der Waals surface area contributed by atoms with Crippen LogP contribution in [0.25, 0.3) is 11.0 Å². The molecule has 0 radical (unpaired) electrons. The first-order valence-corrected chi connectivity index (χ1v) is 9.99. The molecule has 1 aliphatic rings. The summed E-state index contributed by atoms with van der Waals surface area (Å²) in [5.74, 6) is -2.61. The zero-order chi connectivity index (χ0) is 22.2. The molecule has 5 N–H and O–H groups in total. The number of aromatic nitrogens is 3. The molecule has 1 saturated heterocycles. The van der Waals surface area contributed by atoms with Crippen LogP contribution in [-0.2, 0) is 17.7 Å². The Kier molecular flexibility index (Phi) is 5.93. The molecule has 10 nitrogen and oxygen atoms in total. The van der Waals surface area contributed by atoms with Gasteiger partial charge in [-0.2, -0.15) is 0 Å². The average Bonchev–Trinajstić information content (AvgIpc) is 3.19. The van der Waals surface area contributed by atoms with Crippen LogP contribution in [0, 0.1) is 0 Å². The van der Waals surface area contributed by atoms with Gasteiger partial charge in [0.1, 0.15) is 23.2 Å². The Bertz CT molecular complexity index is 1040. The molecule has 2 heterocycles. The van der Waals surface area contributed by atoms with Gasteiger partial charge in [0.2, 0.25) is 6.29 Å². The maximum absolute atomic E-state index is 10.8. The van der Waals surface area contributed by atoms with Crippen LogP contribution in [0.5, 0.6) is 5.75 Å². The Labute approximate surface area is 177 Å². The summed E-state index contributed by atoms with van der Waals surface area (Å²) in [6.07, 6.45) is -6.00. The second-order valence-electron chi connectivity index (χ2n) is 7.54. The predicted octanol–water partition coefficient (Wildman–Crippen LogP) is -0.459. The monoisotopic (exact) mass is 431 g/mol. The second kappa shape index (κ2) is 8.50. The van der Waals surface area contributed by atoms with Gasteiger partial charge >= 0.3 is 0 Å². The van der Waals surface area contributed by atoms with Gasteiger partial charge in [-0.1, -0.05) is 42.5 Å². The fraction of sp³-hybridized carbons (Fsp3) is 0.429. The summed E-state index contributed by atoms with van der Waals surface area (Å²) in [7, 11) is 0. The number of rotatable bonds is 6. The summed E-state index contributed by atoms with van der Waals surface area (Å²) in [4.78, 5) is 0. The smallest absolute Gasteiger partial charge is 0.288 e. The second-order valence-corrected chi connectivity index (χ2v) is 7.54. The van der Waals surface area contributed by atoms with Crippen molar-refractivity contribution in [3.63, 3.8) is 0 Å². The molecule has 0 bridgehead atoms. The molecule has 1 aliphatic heterocycles. The van der Waals surface area contributed by atoms with E-state index in [1.807, 2.05) is 24.3 Å². The van der Waals surface area contributed by atoms with Gasteiger partial charge in [-0.25, -0.2) is 4.68 Å². The third-order valence-corrected chi connectivity index (χ3v) is 5.50. The predicted molar refractivity (Wildman–Crippen MR) is 108 cm³/mol. The molecular formula is C21H25N3O7. The first kappa shape index (κ1) is 21.6. The highest BCUT2D eigenvalue weighted by atomic mass is 16.7. The number of hydrogen-bond donors (Lipinski definition) is 5. The van der Waals surface area contributed by atoms with Gasteiger partial charge in [0, 0.05) is 0 Å². The van der Waals surface area contributed by atoms with Gasteiger partial charge < -0.3 is 35.0 Å². The lowest BCUT2D eigenvalue weighted by Gasteiger charge is -2.45. The molecule has 0 saturated carbocycles. The third-order valence-electron chi connectivity index (χ3n) is 5.50. The van der Waals surface area contributed by atoms with Crippen molar-refractivity contribution in [3.8, 4) is 5.75 Å². The number of nitrogens with zero attached hydrogens (tertiary/aromatic N) is 3. The van der Waals surface area contributed by atoms with E-state index in [-0.39, 0.29) is 5.75 Å². The van der Waals surface area contributed by atoms with Gasteiger partial charge in [0.25, 0.3) is 5.79 Å². The summed E-state index contributed by atoms with van der Waals surface area (Å²) < 4.78 is 12.2. The summed E-state index contributed by atoms with van der Waals surface area (Å²) in [6.45, 7) is 1.79. The zero-order valence-electron chi connectivity index (χ0n) is 16.9. The average molecular weight is 431 g/mol. The van der Waals surface area contributed by atoms with Crippen LogP contribution in [0.3, 0.4) is 0 Å². The van der Waals surface area contributed by atoms with Crippen molar-refractivity contribution in [2.24, 2.45) is 0 Å². The molecule has 5 atom stereocenters. The Balaban J connectivity index is 1.67. The number of hydrogen-bond acceptors (Lipinski definition) is 9. The van der Waals surface area contributed by atoms with Crippen LogP contribution < -0.4 is 4.74 Å². The Morgan fingerprint density at radius 3 is 2.48 bits per heavy atom. The van der Waals surface area contributed by atoms with E-state index in [4.69, 9.17) is 9.47 Å². The van der Waals surface area contributed by atoms with Crippen molar-refractivity contribution in [1.29, 1.82) is 0 Å². The van der Waals surface area contributed by atoms with Crippen LogP contribution in [0.1, 0.15) is 18.1 Å². The van der Waals surface area contributed by atoms with Crippen molar-refractivity contribution in [1.82, 2.24) is 15.0 Å². The fourth-order valence-corrected chi connectivity index (χ4v) is 3.62. The van der Waals surface area contributed by atoms with E-state index in [0.717, 1.165) is 12.0 Å². The van der Waals surface area contributed by atoms with Crippen molar-refractivity contribution >= 4 is 11.0 Å². The molecule has 0 amide bonds. The van der Waals surface area contributed by atoms with Crippen LogP contribution in [0.15, 0.2) is 42.5 Å². The largest absolute Gasteiger partial charge is 0.452 e. The molecule has 0 unspecified atom stereocenters. The molecule has 3 aromatic rings. The van der Waals surface area contributed by atoms with Crippen molar-refractivity contribution < 1.29 is 35.0 Å². The Hall–Kier alpha value is -2.60. The summed E-state index contributed by atoms with van der Waals surface area (Å²) in [5.41, 5.74) is 3.08. The van der Waals surface area contributed by atoms with E-state index < -0.39 is 37.0 Å². The molecule has 31 heavy (non-hydrogen) atoms. The summed E-state index contributed by atoms with van der Waals surface area (Å²) in [5, 5.41) is 59.1. The number of benzene rings is 2. The standard InChI is InChI=1S/C21H25N3O7/c1-2-12-6-8-13(9-7-12)10-24-17-14(22-23-24)4-3-5-15(17)31-21(29)19(27)18(26)16(11-25)30-20(21)28/h3-9,16,18-20,25-29H,2,10-11H2,1H3/t16-,18-,19+,20+,21+/m1/s1. The molecule has 2 aromatic carbocycles. The van der Waals surface area contributed by atoms with Crippen molar-refractivity contribution in [3.05, 3.63) is 53.6 Å². The van der Waals surface area contributed by atoms with E-state index >= 15 is 0 Å². The number of aliphatic hydroxyl groups excluding tert-OH is 4. The number of para-hydroxylation sites is 1. The lowest BCUT2D eigenvalue weighted by Crippen LogP contribution is -2.69. The molecule has 10 heteroatoms. The SMILES string of the molecule is CCc1ccc(Cn2nnc3cccc(O[C@]4(O)[C@@H](O)O[C@H](CO)[C@@H](O)[C@@H]4O)c32)cc1. The van der Waals surface area contributed by atoms with Crippen LogP contribution in [0.2, 0.25) is 0 Å². The van der Waals surface area contributed by atoms with Gasteiger partial charge in [-0.3, -0.25) is 0 Å². The molecule has 4 rings (SSSR count). The van der Waals surface area contributed by atoms with Crippen molar-refractivity contribution in [2.75, 3.05) is 6.61 Å². The van der Waals surface area contributed by atoms with Crippen LogP contribution >= 0.6 is 0 Å². The molecule has 1 fully saturated rings. The molecule has 166 valence electrons. The quantitative estimate of drug-likeness (QED) is 0.327. The highest BCUT2D eigenvalue weighted by molar-refractivity contribution is 5.81. The van der Waals surface area contributed by atoms with Gasteiger partial charge in [0.05, 0.1) is 13.2 Å². The van der Waals surface area contributed by atoms with E-state index in [1.165, 1.54) is 11.6 Å². The van der Waals surface area contributed by atoms with Crippen LogP contribution in [-0.4, -0.2) is 77.5 Å². The number of aryl methyl sites for hydroxylation is 1. The molecule has 1 aromatic heterocycles. The van der Waals surface area contributed by atoms with Gasteiger partial charge in [-0.05, 0) is 29.7 Å². The van der Waals surface area contributed by atoms with E-state index in [0.29, 0.717) is 17.6 Å². The lowest BCUT2D eigenvalue weighted by atomic mass is 9.96. The Morgan fingerprint density at radius 2 is 1.81 bits per heavy atom. The lowest BCUT2D eigenvalue weighted by molar-refractivity contribution is -0.385. The summed E-state index contributed by atoms with van der Waals surface area (Å²) >= 11 is 0. The van der Waals surface area contributed by atoms with Crippen molar-refractivity contribution in [2.45, 2.75) is 50.3 Å². The minimum Gasteiger partial charge on any atom is -0.452 e. The third kappa shape index (κ3) is 3.89. The highest BCUT2D eigenvalue weighted by Gasteiger charge is 2.57. The summed E-state index contributed by atoms with van der Waals surface area (Å²) in [6, 6.07) is 12.9. The van der Waals surface area contributed by atoms with Gasteiger partial charge in [0.15, 0.2) is 11.9 Å². The highest BCUT2D eigenvalue weighted by Crippen LogP contribution is 2.34. The number of ether oxygens (including phenoxy) is 2. The first-order chi connectivity index (χ1) is 14.9. The van der Waals surface area contributed by atoms with Crippen LogP contribution in [0.4, 0.5) is 0 Å². The van der Waals surface area contributed by atoms with E-state index in [2.05, 4.69) is 17.2 Å². The zero-order valence-corrected chi connectivity index (χ0v) is 16.9. The first-order valence-electron chi connectivity index (χ1n) is 9.99. The number of fused-ring (bicyclic) bond motifs is 1. The molecule has 0 aliphatic carbocycles.